The second-order valence-corrected chi connectivity index (χ2v) is 6.39. The molecular formula is C16H21N7O. The van der Waals surface area contributed by atoms with E-state index >= 15 is 0 Å². The Labute approximate surface area is 139 Å². The number of rotatable bonds is 4. The number of hydrogen-bond acceptors (Lipinski definition) is 6. The lowest BCUT2D eigenvalue weighted by Gasteiger charge is -2.22. The molecule has 1 fully saturated rings. The van der Waals surface area contributed by atoms with Gasteiger partial charge in [0.25, 0.3) is 0 Å². The Balaban J connectivity index is 1.82. The predicted molar refractivity (Wildman–Crippen MR) is 88.8 cm³/mol. The van der Waals surface area contributed by atoms with Crippen LogP contribution in [0.5, 0.6) is 0 Å². The summed E-state index contributed by atoms with van der Waals surface area (Å²) in [4.78, 5) is 14.0. The third-order valence-corrected chi connectivity index (χ3v) is 3.98. The van der Waals surface area contributed by atoms with Gasteiger partial charge < -0.3 is 10.1 Å². The van der Waals surface area contributed by atoms with Gasteiger partial charge in [0.05, 0.1) is 25.5 Å². The Morgan fingerprint density at radius 1 is 1.38 bits per heavy atom. The van der Waals surface area contributed by atoms with Gasteiger partial charge in [-0.2, -0.15) is 5.10 Å². The van der Waals surface area contributed by atoms with Crippen LogP contribution in [-0.4, -0.2) is 49.1 Å². The average molecular weight is 327 g/mol. The standard InChI is InChI=1S/C16H21N7O/c1-11(2)9-22-15-12(20-16(22)23-6-3-4-19-23)8-18-14(21-15)13-10-24-7-5-17-13/h3-4,6,8,11,13,17H,5,7,9-10H2,1-2H3. The molecule has 8 heteroatoms. The van der Waals surface area contributed by atoms with Gasteiger partial charge in [-0.15, -0.1) is 0 Å². The number of hydrogen-bond donors (Lipinski definition) is 1. The fourth-order valence-corrected chi connectivity index (χ4v) is 2.91. The molecule has 0 radical (unpaired) electrons. The Morgan fingerprint density at radius 3 is 3.00 bits per heavy atom. The van der Waals surface area contributed by atoms with E-state index in [1.165, 1.54) is 0 Å². The van der Waals surface area contributed by atoms with Crippen LogP contribution >= 0.6 is 0 Å². The van der Waals surface area contributed by atoms with E-state index in [-0.39, 0.29) is 6.04 Å². The van der Waals surface area contributed by atoms with Crippen LogP contribution in [0.2, 0.25) is 0 Å². The van der Waals surface area contributed by atoms with Crippen molar-refractivity contribution in [2.24, 2.45) is 5.92 Å². The van der Waals surface area contributed by atoms with Gasteiger partial charge in [-0.05, 0) is 12.0 Å². The third-order valence-electron chi connectivity index (χ3n) is 3.98. The van der Waals surface area contributed by atoms with Gasteiger partial charge in [0.1, 0.15) is 11.3 Å². The lowest BCUT2D eigenvalue weighted by atomic mass is 10.2. The first-order chi connectivity index (χ1) is 11.7. The van der Waals surface area contributed by atoms with Crippen molar-refractivity contribution in [3.63, 3.8) is 0 Å². The van der Waals surface area contributed by atoms with Crippen LogP contribution in [0.15, 0.2) is 24.7 Å². The zero-order chi connectivity index (χ0) is 16.5. The largest absolute Gasteiger partial charge is 0.378 e. The van der Waals surface area contributed by atoms with Crippen molar-refractivity contribution in [3.05, 3.63) is 30.5 Å². The topological polar surface area (TPSA) is 82.7 Å². The summed E-state index contributed by atoms with van der Waals surface area (Å²) < 4.78 is 9.41. The van der Waals surface area contributed by atoms with Crippen LogP contribution < -0.4 is 5.32 Å². The van der Waals surface area contributed by atoms with Crippen LogP contribution in [0, 0.1) is 5.92 Å². The highest BCUT2D eigenvalue weighted by Crippen LogP contribution is 2.20. The number of aromatic nitrogens is 6. The van der Waals surface area contributed by atoms with Gasteiger partial charge >= 0.3 is 0 Å². The van der Waals surface area contributed by atoms with E-state index in [9.17, 15) is 0 Å². The molecule has 24 heavy (non-hydrogen) atoms. The molecule has 8 nitrogen and oxygen atoms in total. The van der Waals surface area contributed by atoms with E-state index in [1.807, 2.05) is 12.3 Å². The number of ether oxygens (including phenoxy) is 1. The van der Waals surface area contributed by atoms with Gasteiger partial charge in [-0.3, -0.25) is 4.57 Å². The predicted octanol–water partition coefficient (Wildman–Crippen LogP) is 1.33. The summed E-state index contributed by atoms with van der Waals surface area (Å²) in [7, 11) is 0. The average Bonchev–Trinajstić information content (AvgIpc) is 3.23. The fraction of sp³-hybridized carbons (Fsp3) is 0.500. The minimum atomic E-state index is 0.0266. The molecule has 1 aliphatic rings. The van der Waals surface area contributed by atoms with E-state index in [1.54, 1.807) is 17.1 Å². The van der Waals surface area contributed by atoms with Gasteiger partial charge in [-0.25, -0.2) is 19.6 Å². The number of fused-ring (bicyclic) bond motifs is 1. The molecule has 1 atom stereocenters. The van der Waals surface area contributed by atoms with Gasteiger partial charge in [0.2, 0.25) is 5.95 Å². The van der Waals surface area contributed by atoms with E-state index in [2.05, 4.69) is 38.8 Å². The van der Waals surface area contributed by atoms with Gasteiger partial charge in [-0.1, -0.05) is 13.8 Å². The fourth-order valence-electron chi connectivity index (χ4n) is 2.91. The zero-order valence-electron chi connectivity index (χ0n) is 13.9. The van der Waals surface area contributed by atoms with Gasteiger partial charge in [0, 0.05) is 25.5 Å². The molecule has 0 amide bonds. The van der Waals surface area contributed by atoms with Crippen LogP contribution in [0.4, 0.5) is 0 Å². The highest BCUT2D eigenvalue weighted by atomic mass is 16.5. The molecule has 0 aliphatic carbocycles. The van der Waals surface area contributed by atoms with Crippen molar-refractivity contribution in [1.82, 2.24) is 34.6 Å². The normalized spacial score (nSPS) is 18.5. The summed E-state index contributed by atoms with van der Waals surface area (Å²) in [6, 6.07) is 1.91. The molecule has 4 heterocycles. The van der Waals surface area contributed by atoms with Gasteiger partial charge in [0.15, 0.2) is 5.65 Å². The summed E-state index contributed by atoms with van der Waals surface area (Å²) in [5.74, 6) is 1.98. The van der Waals surface area contributed by atoms with Crippen molar-refractivity contribution in [2.45, 2.75) is 26.4 Å². The van der Waals surface area contributed by atoms with Crippen LogP contribution in [0.3, 0.4) is 0 Å². The molecule has 3 aromatic heterocycles. The first kappa shape index (κ1) is 15.2. The Morgan fingerprint density at radius 2 is 2.29 bits per heavy atom. The SMILES string of the molecule is CC(C)Cn1c(-n2cccn2)nc2cnc(C3COCCN3)nc21. The molecule has 3 aromatic rings. The van der Waals surface area contributed by atoms with Crippen LogP contribution in [0.25, 0.3) is 17.1 Å². The lowest BCUT2D eigenvalue weighted by Crippen LogP contribution is -2.35. The molecule has 0 bridgehead atoms. The van der Waals surface area contributed by atoms with Crippen molar-refractivity contribution in [3.8, 4) is 5.95 Å². The first-order valence-corrected chi connectivity index (χ1v) is 8.26. The molecule has 4 rings (SSSR count). The van der Waals surface area contributed by atoms with Crippen LogP contribution in [0.1, 0.15) is 25.7 Å². The molecular weight excluding hydrogens is 306 g/mol. The molecule has 0 aromatic carbocycles. The molecule has 0 spiro atoms. The summed E-state index contributed by atoms with van der Waals surface area (Å²) in [6.07, 6.45) is 5.43. The van der Waals surface area contributed by atoms with E-state index in [4.69, 9.17) is 9.72 Å². The summed E-state index contributed by atoms with van der Waals surface area (Å²) in [5.41, 5.74) is 1.62. The second kappa shape index (κ2) is 6.29. The summed E-state index contributed by atoms with van der Waals surface area (Å²) in [6.45, 7) is 7.31. The van der Waals surface area contributed by atoms with Crippen molar-refractivity contribution in [2.75, 3.05) is 19.8 Å². The second-order valence-electron chi connectivity index (χ2n) is 6.39. The van der Waals surface area contributed by atoms with E-state index in [0.717, 1.165) is 42.6 Å². The Kier molecular flexibility index (Phi) is 3.99. The smallest absolute Gasteiger partial charge is 0.233 e. The van der Waals surface area contributed by atoms with E-state index in [0.29, 0.717) is 12.5 Å². The molecule has 1 saturated heterocycles. The summed E-state index contributed by atoms with van der Waals surface area (Å²) >= 11 is 0. The third kappa shape index (κ3) is 2.78. The van der Waals surface area contributed by atoms with Crippen molar-refractivity contribution < 1.29 is 4.74 Å². The molecule has 0 saturated carbocycles. The minimum Gasteiger partial charge on any atom is -0.378 e. The molecule has 1 N–H and O–H groups in total. The Bertz CT molecular complexity index is 818. The number of imidazole rings is 1. The maximum absolute atomic E-state index is 5.53. The molecule has 1 aliphatic heterocycles. The van der Waals surface area contributed by atoms with Crippen molar-refractivity contribution in [1.29, 1.82) is 0 Å². The number of morpholine rings is 1. The monoisotopic (exact) mass is 327 g/mol. The molecule has 1 unspecified atom stereocenters. The van der Waals surface area contributed by atoms with E-state index < -0.39 is 0 Å². The minimum absolute atomic E-state index is 0.0266. The van der Waals surface area contributed by atoms with Crippen LogP contribution in [-0.2, 0) is 11.3 Å². The lowest BCUT2D eigenvalue weighted by molar-refractivity contribution is 0.0743. The summed E-state index contributed by atoms with van der Waals surface area (Å²) in [5, 5.41) is 7.71. The zero-order valence-corrected chi connectivity index (χ0v) is 13.9. The number of nitrogens with one attached hydrogen (secondary N) is 1. The maximum atomic E-state index is 5.53. The maximum Gasteiger partial charge on any atom is 0.233 e. The first-order valence-electron chi connectivity index (χ1n) is 8.26. The van der Waals surface area contributed by atoms with Crippen molar-refractivity contribution >= 4 is 11.2 Å². The highest BCUT2D eigenvalue weighted by molar-refractivity contribution is 5.72. The Hall–Kier alpha value is -2.32. The molecule has 126 valence electrons. The quantitative estimate of drug-likeness (QED) is 0.778. The highest BCUT2D eigenvalue weighted by Gasteiger charge is 2.21. The number of nitrogens with zero attached hydrogens (tertiary/aromatic N) is 6.